The summed E-state index contributed by atoms with van der Waals surface area (Å²) in [6.45, 7) is 19.2. The zero-order chi connectivity index (χ0) is 53.9. The van der Waals surface area contributed by atoms with E-state index in [0.717, 1.165) is 25.7 Å². The highest BCUT2D eigenvalue weighted by atomic mass is 35.6. The van der Waals surface area contributed by atoms with Gasteiger partial charge in [-0.05, 0) is 67.6 Å². The third-order valence-corrected chi connectivity index (χ3v) is 25.4. The number of unbranched alkanes of at least 4 members (excludes halogenated alkanes) is 8. The number of ether oxygens (including phenoxy) is 2. The molecule has 0 aliphatic heterocycles. The fraction of sp³-hybridized carbons (Fsp3) is 0.586. The Hall–Kier alpha value is -4.02. The smallest absolute Gasteiger partial charge is 0.261 e. The van der Waals surface area contributed by atoms with Gasteiger partial charge in [0.25, 0.3) is 8.32 Å². The van der Waals surface area contributed by atoms with Crippen LogP contribution in [0.1, 0.15) is 145 Å². The first-order valence-electron chi connectivity index (χ1n) is 26.8. The minimum absolute atomic E-state index is 0.0667. The molecular weight excluding hydrogens is 968 g/mol. The van der Waals surface area contributed by atoms with Crippen molar-refractivity contribution < 1.29 is 29.2 Å². The van der Waals surface area contributed by atoms with Crippen LogP contribution in [-0.2, 0) is 13.9 Å². The fourth-order valence-corrected chi connectivity index (χ4v) is 17.6. The number of rotatable bonds is 32. The van der Waals surface area contributed by atoms with Gasteiger partial charge < -0.3 is 29.2 Å². The van der Waals surface area contributed by atoms with E-state index in [1.165, 1.54) is 72.1 Å². The molecule has 0 radical (unpaired) electrons. The summed E-state index contributed by atoms with van der Waals surface area (Å²) >= 11 is 7.21. The van der Waals surface area contributed by atoms with Gasteiger partial charge in [0.15, 0.2) is 0 Å². The molecule has 0 aliphatic rings. The van der Waals surface area contributed by atoms with Gasteiger partial charge in [0.05, 0.1) is 44.1 Å². The number of azide groups is 2. The van der Waals surface area contributed by atoms with Crippen LogP contribution in [-0.4, -0.2) is 95.0 Å². The molecular formula is C58H91ClN6O6Si2. The highest BCUT2D eigenvalue weighted by molar-refractivity contribution is 7.35. The summed E-state index contributed by atoms with van der Waals surface area (Å²) in [6.07, 6.45) is 14.0. The topological polar surface area (TPSA) is 186 Å². The monoisotopic (exact) mass is 1060 g/mol. The Morgan fingerprint density at radius 3 is 1.21 bits per heavy atom. The van der Waals surface area contributed by atoms with Crippen molar-refractivity contribution in [3.63, 3.8) is 0 Å². The molecule has 404 valence electrons. The van der Waals surface area contributed by atoms with E-state index >= 15 is 0 Å². The van der Waals surface area contributed by atoms with Crippen LogP contribution >= 0.6 is 11.1 Å². The number of hydrogen-bond donors (Lipinski definition) is 3. The second-order valence-corrected chi connectivity index (χ2v) is 30.9. The van der Waals surface area contributed by atoms with E-state index < -0.39 is 27.8 Å². The van der Waals surface area contributed by atoms with Crippen molar-refractivity contribution in [1.29, 1.82) is 0 Å². The van der Waals surface area contributed by atoms with Gasteiger partial charge in [0, 0.05) is 29.6 Å². The number of aliphatic hydroxyl groups excluding tert-OH is 3. The quantitative estimate of drug-likeness (QED) is 0.0109. The molecule has 0 spiro atoms. The standard InChI is InChI=1S/C29H45N3O3Si.C16H19ClSi.C13H27N3O3/c1-5-6-7-8-11-16-26(33)21-22-34-23-25(31-32-30)24-35-36(29(2,3)4,27-17-12-9-13-18-27)28-19-14-10-15-20-28;1-16(2,3)18(17,14-10-6-4-7-11-14)15-12-8-5-9-13-15;1-2-3-4-5-6-7-13(18)8-9-19-11-12(10-17)15-16-14/h9-10,12-15,17-20,25-26,33H,5-8,11,16,21-24H2,1-4H3;4-13H,1-3H3;12-13,17-18H,2-11H2,1H3/t25?,26-;;12?,13-/m1.1/s1. The van der Waals surface area contributed by atoms with Crippen LogP contribution in [0.25, 0.3) is 20.9 Å². The highest BCUT2D eigenvalue weighted by Crippen LogP contribution is 2.39. The first-order chi connectivity index (χ1) is 35.0. The predicted octanol–water partition coefficient (Wildman–Crippen LogP) is 12.9. The minimum atomic E-state index is -2.71. The summed E-state index contributed by atoms with van der Waals surface area (Å²) in [5.74, 6) is 0. The van der Waals surface area contributed by atoms with Crippen LogP contribution < -0.4 is 20.7 Å². The van der Waals surface area contributed by atoms with E-state index in [0.29, 0.717) is 26.1 Å². The van der Waals surface area contributed by atoms with Crippen LogP contribution in [0.2, 0.25) is 10.1 Å². The summed E-state index contributed by atoms with van der Waals surface area (Å²) < 4.78 is 18.0. The van der Waals surface area contributed by atoms with Crippen molar-refractivity contribution in [2.75, 3.05) is 39.6 Å². The Bertz CT molecular complexity index is 2010. The normalized spacial score (nSPS) is 13.4. The molecule has 15 heteroatoms. The van der Waals surface area contributed by atoms with Crippen molar-refractivity contribution >= 4 is 47.5 Å². The lowest BCUT2D eigenvalue weighted by Crippen LogP contribution is -2.67. The molecule has 73 heavy (non-hydrogen) atoms. The Balaban J connectivity index is 0.000000414. The Morgan fingerprint density at radius 1 is 0.507 bits per heavy atom. The second kappa shape index (κ2) is 36.8. The zero-order valence-corrected chi connectivity index (χ0v) is 48.4. The van der Waals surface area contributed by atoms with E-state index in [1.54, 1.807) is 0 Å². The van der Waals surface area contributed by atoms with Crippen molar-refractivity contribution in [3.05, 3.63) is 142 Å². The second-order valence-electron chi connectivity index (χ2n) is 21.0. The predicted molar refractivity (Wildman–Crippen MR) is 310 cm³/mol. The third-order valence-electron chi connectivity index (χ3n) is 13.0. The minimum Gasteiger partial charge on any atom is -0.407 e. The maximum absolute atomic E-state index is 10.2. The number of aliphatic hydroxyl groups is 3. The molecule has 0 amide bonds. The SMILES string of the molecule is CC(C)(C)[Si](Cl)(c1ccccc1)c1ccccc1.CCCCCCC[C@@H](O)CCOCC(CO)N=[N+]=[N-].CCCCCCC[C@@H](O)CCOCC(CO[Si](c1ccccc1)(c1ccccc1)C(C)(C)C)N=[N+]=[N-]. The van der Waals surface area contributed by atoms with Crippen LogP contribution in [0.3, 0.4) is 0 Å². The van der Waals surface area contributed by atoms with Crippen molar-refractivity contribution in [3.8, 4) is 0 Å². The van der Waals surface area contributed by atoms with Crippen LogP contribution in [0.4, 0.5) is 0 Å². The lowest BCUT2D eigenvalue weighted by Gasteiger charge is -2.43. The van der Waals surface area contributed by atoms with E-state index in [2.05, 4.69) is 173 Å². The molecule has 4 rings (SSSR count). The molecule has 0 fully saturated rings. The molecule has 0 heterocycles. The van der Waals surface area contributed by atoms with Gasteiger partial charge in [-0.2, -0.15) is 11.1 Å². The summed E-state index contributed by atoms with van der Waals surface area (Å²) in [6, 6.07) is 40.9. The zero-order valence-electron chi connectivity index (χ0n) is 45.6. The highest BCUT2D eigenvalue weighted by Gasteiger charge is 2.50. The molecule has 12 nitrogen and oxygen atoms in total. The van der Waals surface area contributed by atoms with Crippen LogP contribution in [0, 0.1) is 0 Å². The van der Waals surface area contributed by atoms with Crippen LogP contribution in [0.5, 0.6) is 0 Å². The molecule has 0 saturated carbocycles. The van der Waals surface area contributed by atoms with E-state index in [4.69, 9.17) is 35.6 Å². The van der Waals surface area contributed by atoms with Gasteiger partial charge in [0.2, 0.25) is 7.38 Å². The van der Waals surface area contributed by atoms with Gasteiger partial charge in [-0.1, -0.05) is 251 Å². The van der Waals surface area contributed by atoms with Crippen molar-refractivity contribution in [2.45, 2.75) is 180 Å². The average Bonchev–Trinajstić information content (AvgIpc) is 3.39. The summed E-state index contributed by atoms with van der Waals surface area (Å²) in [7, 11) is -4.94. The largest absolute Gasteiger partial charge is 0.407 e. The molecule has 4 aromatic carbocycles. The Labute approximate surface area is 446 Å². The number of benzene rings is 4. The number of hydrogen-bond acceptors (Lipinski definition) is 8. The van der Waals surface area contributed by atoms with E-state index in [1.807, 2.05) is 24.3 Å². The summed E-state index contributed by atoms with van der Waals surface area (Å²) in [4.78, 5) is 5.68. The Kier molecular flexibility index (Phi) is 32.9. The first kappa shape index (κ1) is 65.1. The number of nitrogens with zero attached hydrogens (tertiary/aromatic N) is 6. The number of halogens is 1. The van der Waals surface area contributed by atoms with Gasteiger partial charge in [-0.3, -0.25) is 0 Å². The molecule has 4 atom stereocenters. The van der Waals surface area contributed by atoms with Gasteiger partial charge in [-0.25, -0.2) is 0 Å². The lowest BCUT2D eigenvalue weighted by molar-refractivity contribution is 0.0623. The van der Waals surface area contributed by atoms with E-state index in [-0.39, 0.29) is 48.7 Å². The first-order valence-corrected chi connectivity index (χ1v) is 31.7. The molecule has 2 unspecified atom stereocenters. The van der Waals surface area contributed by atoms with Gasteiger partial charge in [-0.15, -0.1) is 0 Å². The Morgan fingerprint density at radius 2 is 0.863 bits per heavy atom. The molecule has 0 aliphatic carbocycles. The molecule has 4 aromatic rings. The van der Waals surface area contributed by atoms with Crippen molar-refractivity contribution in [2.24, 2.45) is 10.2 Å². The summed E-state index contributed by atoms with van der Waals surface area (Å²) in [5, 5.41) is 41.0. The maximum Gasteiger partial charge on any atom is 0.261 e. The van der Waals surface area contributed by atoms with Gasteiger partial charge >= 0.3 is 0 Å². The fourth-order valence-electron chi connectivity index (χ4n) is 8.87. The molecule has 0 bridgehead atoms. The third kappa shape index (κ3) is 23.6. The summed E-state index contributed by atoms with van der Waals surface area (Å²) in [5.41, 5.74) is 17.4. The van der Waals surface area contributed by atoms with Crippen molar-refractivity contribution in [1.82, 2.24) is 0 Å². The molecule has 3 N–H and O–H groups in total. The van der Waals surface area contributed by atoms with Crippen LogP contribution in [0.15, 0.2) is 132 Å². The van der Waals surface area contributed by atoms with E-state index in [9.17, 15) is 15.7 Å². The lowest BCUT2D eigenvalue weighted by atomic mass is 10.1. The molecule has 0 aromatic heterocycles. The van der Waals surface area contributed by atoms with Gasteiger partial charge in [0.1, 0.15) is 0 Å². The maximum atomic E-state index is 10.2. The molecule has 0 saturated heterocycles. The average molecular weight is 1060 g/mol.